The molecule has 1 aromatic rings. The Morgan fingerprint density at radius 3 is 3.00 bits per heavy atom. The molecule has 0 unspecified atom stereocenters. The minimum atomic E-state index is 0.643. The van der Waals surface area contributed by atoms with E-state index in [0.717, 1.165) is 17.8 Å². The highest BCUT2D eigenvalue weighted by atomic mass is 35.5. The molecule has 0 bridgehead atoms. The van der Waals surface area contributed by atoms with Crippen LogP contribution < -0.4 is 0 Å². The highest BCUT2D eigenvalue weighted by Crippen LogP contribution is 1.98. The molecule has 1 heterocycles. The summed E-state index contributed by atoms with van der Waals surface area (Å²) in [6.45, 7) is 1.98. The van der Waals surface area contributed by atoms with Crippen LogP contribution in [0.1, 0.15) is 11.4 Å². The van der Waals surface area contributed by atoms with Gasteiger partial charge in [-0.05, 0) is 13.0 Å². The number of hydrogen-bond acceptors (Lipinski definition) is 1. The zero-order valence-corrected chi connectivity index (χ0v) is 6.07. The average molecular weight is 145 g/mol. The van der Waals surface area contributed by atoms with E-state index in [1.807, 2.05) is 13.0 Å². The van der Waals surface area contributed by atoms with Crippen LogP contribution in [0.2, 0.25) is 0 Å². The van der Waals surface area contributed by atoms with Crippen LogP contribution in [0.25, 0.3) is 0 Å². The smallest absolute Gasteiger partial charge is 0.0636 e. The van der Waals surface area contributed by atoms with Crippen molar-refractivity contribution in [3.8, 4) is 0 Å². The Balaban J connectivity index is 2.61. The van der Waals surface area contributed by atoms with E-state index in [0.29, 0.717) is 5.88 Å². The van der Waals surface area contributed by atoms with E-state index in [1.165, 1.54) is 0 Å². The molecule has 0 radical (unpaired) electrons. The molecule has 50 valence electrons. The van der Waals surface area contributed by atoms with Crippen LogP contribution in [0, 0.1) is 6.92 Å². The van der Waals surface area contributed by atoms with Crippen LogP contribution in [0.4, 0.5) is 0 Å². The molecule has 0 aliphatic rings. The van der Waals surface area contributed by atoms with Crippen molar-refractivity contribution < 1.29 is 0 Å². The normalized spacial score (nSPS) is 10.0. The molecule has 1 aromatic heterocycles. The lowest BCUT2D eigenvalue weighted by molar-refractivity contribution is 0.965. The first kappa shape index (κ1) is 6.62. The van der Waals surface area contributed by atoms with Crippen molar-refractivity contribution in [3.63, 3.8) is 0 Å². The van der Waals surface area contributed by atoms with Crippen LogP contribution in [-0.2, 0) is 6.42 Å². The van der Waals surface area contributed by atoms with Gasteiger partial charge in [0.1, 0.15) is 0 Å². The van der Waals surface area contributed by atoms with E-state index in [-0.39, 0.29) is 0 Å². The van der Waals surface area contributed by atoms with Crippen molar-refractivity contribution in [1.29, 1.82) is 0 Å². The molecule has 0 saturated carbocycles. The lowest BCUT2D eigenvalue weighted by Gasteiger charge is -1.83. The molecule has 2 nitrogen and oxygen atoms in total. The SMILES string of the molecule is Cc1cc(CCCl)n[nH]1. The number of aryl methyl sites for hydroxylation is 2. The van der Waals surface area contributed by atoms with Crippen molar-refractivity contribution >= 4 is 11.6 Å². The summed E-state index contributed by atoms with van der Waals surface area (Å²) in [4.78, 5) is 0. The second-order valence-electron chi connectivity index (χ2n) is 1.98. The highest BCUT2D eigenvalue weighted by molar-refractivity contribution is 6.17. The Labute approximate surface area is 59.2 Å². The molecule has 0 aromatic carbocycles. The predicted octanol–water partition coefficient (Wildman–Crippen LogP) is 1.50. The van der Waals surface area contributed by atoms with Gasteiger partial charge >= 0.3 is 0 Å². The van der Waals surface area contributed by atoms with Crippen LogP contribution in [0.5, 0.6) is 0 Å². The number of rotatable bonds is 2. The van der Waals surface area contributed by atoms with E-state index >= 15 is 0 Å². The van der Waals surface area contributed by atoms with Gasteiger partial charge in [0, 0.05) is 18.0 Å². The Morgan fingerprint density at radius 2 is 2.56 bits per heavy atom. The van der Waals surface area contributed by atoms with E-state index < -0.39 is 0 Å². The fraction of sp³-hybridized carbons (Fsp3) is 0.500. The Kier molecular flexibility index (Phi) is 2.11. The molecule has 0 saturated heterocycles. The van der Waals surface area contributed by atoms with Crippen molar-refractivity contribution in [2.75, 3.05) is 5.88 Å². The van der Waals surface area contributed by atoms with Crippen LogP contribution in [-0.4, -0.2) is 16.1 Å². The summed E-state index contributed by atoms with van der Waals surface area (Å²) in [6, 6.07) is 2.00. The van der Waals surface area contributed by atoms with Gasteiger partial charge in [-0.1, -0.05) is 0 Å². The average Bonchev–Trinajstić information content (AvgIpc) is 2.17. The molecule has 9 heavy (non-hydrogen) atoms. The third-order valence-corrected chi connectivity index (χ3v) is 1.30. The summed E-state index contributed by atoms with van der Waals surface area (Å²) in [5.74, 6) is 0.643. The highest BCUT2D eigenvalue weighted by Gasteiger charge is 1.93. The van der Waals surface area contributed by atoms with Crippen molar-refractivity contribution in [1.82, 2.24) is 10.2 Å². The van der Waals surface area contributed by atoms with Crippen LogP contribution >= 0.6 is 11.6 Å². The lowest BCUT2D eigenvalue weighted by atomic mass is 10.3. The first-order chi connectivity index (χ1) is 4.33. The van der Waals surface area contributed by atoms with Crippen molar-refractivity contribution in [3.05, 3.63) is 17.5 Å². The number of hydrogen-bond donors (Lipinski definition) is 1. The molecule has 0 spiro atoms. The van der Waals surface area contributed by atoms with E-state index in [1.54, 1.807) is 0 Å². The predicted molar refractivity (Wildman–Crippen MR) is 37.7 cm³/mol. The van der Waals surface area contributed by atoms with E-state index in [4.69, 9.17) is 11.6 Å². The number of aromatic amines is 1. The summed E-state index contributed by atoms with van der Waals surface area (Å²) < 4.78 is 0. The number of nitrogens with one attached hydrogen (secondary N) is 1. The summed E-state index contributed by atoms with van der Waals surface area (Å²) in [6.07, 6.45) is 0.853. The molecule has 0 fully saturated rings. The van der Waals surface area contributed by atoms with Gasteiger partial charge in [-0.2, -0.15) is 5.10 Å². The van der Waals surface area contributed by atoms with E-state index in [2.05, 4.69) is 10.2 Å². The summed E-state index contributed by atoms with van der Waals surface area (Å²) >= 11 is 5.49. The molecule has 0 amide bonds. The first-order valence-corrected chi connectivity index (χ1v) is 3.43. The van der Waals surface area contributed by atoms with Gasteiger partial charge in [-0.15, -0.1) is 11.6 Å². The first-order valence-electron chi connectivity index (χ1n) is 2.90. The molecule has 0 aliphatic carbocycles. The van der Waals surface area contributed by atoms with Gasteiger partial charge in [0.2, 0.25) is 0 Å². The monoisotopic (exact) mass is 144 g/mol. The van der Waals surface area contributed by atoms with Gasteiger partial charge in [0.25, 0.3) is 0 Å². The standard InChI is InChI=1S/C6H9ClN2/c1-5-4-6(2-3-7)9-8-5/h4H,2-3H2,1H3,(H,8,9). The molecule has 3 heteroatoms. The quantitative estimate of drug-likeness (QED) is 0.627. The number of halogens is 1. The van der Waals surface area contributed by atoms with Gasteiger partial charge in [-0.3, -0.25) is 5.10 Å². The Morgan fingerprint density at radius 1 is 1.78 bits per heavy atom. The third-order valence-electron chi connectivity index (χ3n) is 1.11. The van der Waals surface area contributed by atoms with Gasteiger partial charge in [-0.25, -0.2) is 0 Å². The molecule has 1 rings (SSSR count). The number of aromatic nitrogens is 2. The maximum atomic E-state index is 5.49. The topological polar surface area (TPSA) is 28.7 Å². The third kappa shape index (κ3) is 1.72. The molecular formula is C6H9ClN2. The minimum Gasteiger partial charge on any atom is -0.283 e. The lowest BCUT2D eigenvalue weighted by Crippen LogP contribution is -1.84. The molecular weight excluding hydrogens is 136 g/mol. The number of nitrogens with zero attached hydrogens (tertiary/aromatic N) is 1. The Hall–Kier alpha value is -0.500. The second-order valence-corrected chi connectivity index (χ2v) is 2.36. The van der Waals surface area contributed by atoms with Gasteiger partial charge in [0.15, 0.2) is 0 Å². The number of H-pyrrole nitrogens is 1. The van der Waals surface area contributed by atoms with E-state index in [9.17, 15) is 0 Å². The number of alkyl halides is 1. The fourth-order valence-corrected chi connectivity index (χ4v) is 0.893. The van der Waals surface area contributed by atoms with Crippen LogP contribution in [0.15, 0.2) is 6.07 Å². The zero-order valence-electron chi connectivity index (χ0n) is 5.32. The maximum absolute atomic E-state index is 5.49. The fourth-order valence-electron chi connectivity index (χ4n) is 0.699. The van der Waals surface area contributed by atoms with Crippen molar-refractivity contribution in [2.45, 2.75) is 13.3 Å². The molecule has 0 aliphatic heterocycles. The largest absolute Gasteiger partial charge is 0.283 e. The Bertz CT molecular complexity index is 183. The molecule has 1 N–H and O–H groups in total. The molecule has 0 atom stereocenters. The summed E-state index contributed by atoms with van der Waals surface area (Å²) in [5.41, 5.74) is 2.14. The summed E-state index contributed by atoms with van der Waals surface area (Å²) in [5, 5.41) is 6.84. The van der Waals surface area contributed by atoms with Crippen LogP contribution in [0.3, 0.4) is 0 Å². The zero-order chi connectivity index (χ0) is 6.69. The van der Waals surface area contributed by atoms with Gasteiger partial charge in [0.05, 0.1) is 5.69 Å². The van der Waals surface area contributed by atoms with Gasteiger partial charge < -0.3 is 0 Å². The van der Waals surface area contributed by atoms with Crippen molar-refractivity contribution in [2.24, 2.45) is 0 Å². The second kappa shape index (κ2) is 2.87. The minimum absolute atomic E-state index is 0.643. The summed E-state index contributed by atoms with van der Waals surface area (Å²) in [7, 11) is 0. The maximum Gasteiger partial charge on any atom is 0.0636 e.